The summed E-state index contributed by atoms with van der Waals surface area (Å²) in [4.78, 5) is 1.39. The summed E-state index contributed by atoms with van der Waals surface area (Å²) in [6.07, 6.45) is 1.09. The van der Waals surface area contributed by atoms with Crippen molar-refractivity contribution >= 4 is 33.0 Å². The minimum absolute atomic E-state index is 0.402. The lowest BCUT2D eigenvalue weighted by atomic mass is 10.1. The van der Waals surface area contributed by atoms with Crippen LogP contribution in [0.15, 0.2) is 46.3 Å². The molecule has 0 spiro atoms. The summed E-state index contributed by atoms with van der Waals surface area (Å²) in [6, 6.07) is 12.9. The molecule has 1 heterocycles. The maximum Gasteiger partial charge on any atom is 0.0604 e. The van der Waals surface area contributed by atoms with Crippen molar-refractivity contribution in [1.82, 2.24) is 0 Å². The molecule has 1 atom stereocenters. The average molecular weight is 296 g/mol. The van der Waals surface area contributed by atoms with Gasteiger partial charge in [0, 0.05) is 15.0 Å². The molecular weight excluding hydrogens is 282 g/mol. The predicted molar refractivity (Wildman–Crippen MR) is 75.1 cm³/mol. The second-order valence-corrected chi connectivity index (χ2v) is 5.43. The Morgan fingerprint density at radius 3 is 2.69 bits per heavy atom. The van der Waals surface area contributed by atoms with Crippen molar-refractivity contribution < 1.29 is 0 Å². The maximum absolute atomic E-state index is 3.56. The maximum atomic E-state index is 3.56. The molecule has 3 heteroatoms. The molecule has 0 saturated heterocycles. The van der Waals surface area contributed by atoms with E-state index in [1.165, 1.54) is 4.88 Å². The van der Waals surface area contributed by atoms with Crippen LogP contribution >= 0.6 is 27.3 Å². The number of nitrogens with one attached hydrogen (secondary N) is 1. The molecule has 1 N–H and O–H groups in total. The van der Waals surface area contributed by atoms with Crippen LogP contribution in [0.25, 0.3) is 0 Å². The molecule has 0 radical (unpaired) electrons. The van der Waals surface area contributed by atoms with Crippen molar-refractivity contribution in [3.63, 3.8) is 0 Å². The molecule has 2 aromatic rings. The predicted octanol–water partition coefficient (Wildman–Crippen LogP) is 5.07. The molecular formula is C13H14BrNS. The fourth-order valence-electron chi connectivity index (χ4n) is 1.63. The SMILES string of the molecule is CCC(Nc1ccccc1Br)c1cccs1. The Bertz CT molecular complexity index is 439. The van der Waals surface area contributed by atoms with Crippen molar-refractivity contribution in [1.29, 1.82) is 0 Å². The van der Waals surface area contributed by atoms with Crippen molar-refractivity contribution in [2.45, 2.75) is 19.4 Å². The summed E-state index contributed by atoms with van der Waals surface area (Å²) >= 11 is 5.36. The van der Waals surface area contributed by atoms with Crippen LogP contribution in [-0.2, 0) is 0 Å². The number of halogens is 1. The van der Waals surface area contributed by atoms with Crippen LogP contribution in [0, 0.1) is 0 Å². The van der Waals surface area contributed by atoms with Crippen LogP contribution in [0.5, 0.6) is 0 Å². The second kappa shape index (κ2) is 5.51. The summed E-state index contributed by atoms with van der Waals surface area (Å²) in [5.41, 5.74) is 1.16. The fraction of sp³-hybridized carbons (Fsp3) is 0.231. The number of anilines is 1. The molecule has 0 amide bonds. The van der Waals surface area contributed by atoms with Gasteiger partial charge >= 0.3 is 0 Å². The van der Waals surface area contributed by atoms with Gasteiger partial charge in [-0.25, -0.2) is 0 Å². The van der Waals surface area contributed by atoms with E-state index in [1.54, 1.807) is 11.3 Å². The van der Waals surface area contributed by atoms with Crippen LogP contribution < -0.4 is 5.32 Å². The van der Waals surface area contributed by atoms with E-state index in [2.05, 4.69) is 57.8 Å². The number of benzene rings is 1. The third-order valence-electron chi connectivity index (χ3n) is 2.50. The first-order valence-electron chi connectivity index (χ1n) is 5.35. The monoisotopic (exact) mass is 295 g/mol. The van der Waals surface area contributed by atoms with E-state index in [-0.39, 0.29) is 0 Å². The van der Waals surface area contributed by atoms with Gasteiger partial charge in [-0.2, -0.15) is 0 Å². The van der Waals surface area contributed by atoms with Crippen LogP contribution in [0.2, 0.25) is 0 Å². The van der Waals surface area contributed by atoms with E-state index in [0.717, 1.165) is 16.6 Å². The minimum atomic E-state index is 0.402. The van der Waals surface area contributed by atoms with Crippen LogP contribution in [0.3, 0.4) is 0 Å². The Morgan fingerprint density at radius 2 is 2.06 bits per heavy atom. The van der Waals surface area contributed by atoms with E-state index in [4.69, 9.17) is 0 Å². The Kier molecular flexibility index (Phi) is 4.02. The highest BCUT2D eigenvalue weighted by Gasteiger charge is 2.10. The molecule has 16 heavy (non-hydrogen) atoms. The highest BCUT2D eigenvalue weighted by atomic mass is 79.9. The Balaban J connectivity index is 2.17. The lowest BCUT2D eigenvalue weighted by Gasteiger charge is -2.17. The molecule has 1 unspecified atom stereocenters. The summed E-state index contributed by atoms with van der Waals surface area (Å²) in [5, 5.41) is 5.69. The molecule has 0 bridgehead atoms. The second-order valence-electron chi connectivity index (χ2n) is 3.60. The van der Waals surface area contributed by atoms with Crippen molar-refractivity contribution in [2.75, 3.05) is 5.32 Å². The summed E-state index contributed by atoms with van der Waals surface area (Å²) in [5.74, 6) is 0. The quantitative estimate of drug-likeness (QED) is 0.830. The van der Waals surface area contributed by atoms with Gasteiger partial charge in [-0.3, -0.25) is 0 Å². The molecule has 1 aromatic carbocycles. The highest BCUT2D eigenvalue weighted by molar-refractivity contribution is 9.10. The first kappa shape index (κ1) is 11.7. The molecule has 0 aliphatic carbocycles. The van der Waals surface area contributed by atoms with Gasteiger partial charge < -0.3 is 5.32 Å². The minimum Gasteiger partial charge on any atom is -0.377 e. The van der Waals surface area contributed by atoms with E-state index in [1.807, 2.05) is 12.1 Å². The summed E-state index contributed by atoms with van der Waals surface area (Å²) in [6.45, 7) is 2.20. The highest BCUT2D eigenvalue weighted by Crippen LogP contribution is 2.29. The largest absolute Gasteiger partial charge is 0.377 e. The number of thiophene rings is 1. The van der Waals surface area contributed by atoms with Crippen molar-refractivity contribution in [2.24, 2.45) is 0 Å². The third kappa shape index (κ3) is 2.66. The Morgan fingerprint density at radius 1 is 1.25 bits per heavy atom. The number of rotatable bonds is 4. The standard InChI is InChI=1S/C13H14BrNS/c1-2-11(13-8-5-9-16-13)15-12-7-4-3-6-10(12)14/h3-9,11,15H,2H2,1H3. The van der Waals surface area contributed by atoms with Crippen LogP contribution in [-0.4, -0.2) is 0 Å². The lowest BCUT2D eigenvalue weighted by Crippen LogP contribution is -2.08. The molecule has 0 aliphatic heterocycles. The first-order valence-corrected chi connectivity index (χ1v) is 7.03. The molecule has 0 fully saturated rings. The van der Waals surface area contributed by atoms with Crippen LogP contribution in [0.1, 0.15) is 24.3 Å². The molecule has 0 saturated carbocycles. The van der Waals surface area contributed by atoms with E-state index >= 15 is 0 Å². The Hall–Kier alpha value is -0.800. The summed E-state index contributed by atoms with van der Waals surface area (Å²) in [7, 11) is 0. The molecule has 2 rings (SSSR count). The fourth-order valence-corrected chi connectivity index (χ4v) is 2.89. The third-order valence-corrected chi connectivity index (χ3v) is 4.18. The van der Waals surface area contributed by atoms with Gasteiger partial charge in [-0.15, -0.1) is 11.3 Å². The van der Waals surface area contributed by atoms with E-state index < -0.39 is 0 Å². The first-order chi connectivity index (χ1) is 7.81. The van der Waals surface area contributed by atoms with Gasteiger partial charge in [-0.1, -0.05) is 25.1 Å². The molecule has 84 valence electrons. The number of hydrogen-bond acceptors (Lipinski definition) is 2. The topological polar surface area (TPSA) is 12.0 Å². The van der Waals surface area contributed by atoms with Gasteiger partial charge in [0.05, 0.1) is 6.04 Å². The lowest BCUT2D eigenvalue weighted by molar-refractivity contribution is 0.763. The smallest absolute Gasteiger partial charge is 0.0604 e. The van der Waals surface area contributed by atoms with Crippen molar-refractivity contribution in [3.05, 3.63) is 51.1 Å². The number of para-hydroxylation sites is 1. The van der Waals surface area contributed by atoms with Gasteiger partial charge in [-0.05, 0) is 45.9 Å². The molecule has 0 aliphatic rings. The van der Waals surface area contributed by atoms with Crippen molar-refractivity contribution in [3.8, 4) is 0 Å². The zero-order valence-electron chi connectivity index (χ0n) is 9.11. The van der Waals surface area contributed by atoms with E-state index in [9.17, 15) is 0 Å². The normalized spacial score (nSPS) is 12.4. The molecule has 1 nitrogen and oxygen atoms in total. The average Bonchev–Trinajstić information content (AvgIpc) is 2.81. The summed E-state index contributed by atoms with van der Waals surface area (Å²) < 4.78 is 1.12. The zero-order valence-corrected chi connectivity index (χ0v) is 11.5. The van der Waals surface area contributed by atoms with Crippen LogP contribution in [0.4, 0.5) is 5.69 Å². The van der Waals surface area contributed by atoms with E-state index in [0.29, 0.717) is 6.04 Å². The zero-order chi connectivity index (χ0) is 11.4. The Labute approximate surface area is 109 Å². The van der Waals surface area contributed by atoms with Gasteiger partial charge in [0.1, 0.15) is 0 Å². The molecule has 1 aromatic heterocycles. The number of hydrogen-bond donors (Lipinski definition) is 1. The van der Waals surface area contributed by atoms with Gasteiger partial charge in [0.2, 0.25) is 0 Å². The van der Waals surface area contributed by atoms with Gasteiger partial charge in [0.25, 0.3) is 0 Å². The van der Waals surface area contributed by atoms with Gasteiger partial charge in [0.15, 0.2) is 0 Å².